The molecule has 0 aliphatic heterocycles. The fourth-order valence-electron chi connectivity index (χ4n) is 1.95. The predicted octanol–water partition coefficient (Wildman–Crippen LogP) is 4.15. The summed E-state index contributed by atoms with van der Waals surface area (Å²) in [5, 5.41) is 3.34. The Bertz CT molecular complexity index is 626. The number of thiophene rings is 1. The van der Waals surface area contributed by atoms with Gasteiger partial charge in [0, 0.05) is 11.1 Å². The first kappa shape index (κ1) is 9.43. The Labute approximate surface area is 98.2 Å². The quantitative estimate of drug-likeness (QED) is 0.618. The van der Waals surface area contributed by atoms with E-state index in [4.69, 9.17) is 5.73 Å². The fraction of sp³-hybridized carbons (Fsp3) is 0. The summed E-state index contributed by atoms with van der Waals surface area (Å²) in [6.07, 6.45) is 0. The topological polar surface area (TPSA) is 26.0 Å². The molecule has 0 spiro atoms. The molecule has 0 bridgehead atoms. The minimum absolute atomic E-state index is 0.865. The van der Waals surface area contributed by atoms with Crippen molar-refractivity contribution in [3.63, 3.8) is 0 Å². The number of anilines is 1. The van der Waals surface area contributed by atoms with Crippen molar-refractivity contribution >= 4 is 27.1 Å². The number of fused-ring (bicyclic) bond motifs is 1. The summed E-state index contributed by atoms with van der Waals surface area (Å²) in [6.45, 7) is 0. The molecule has 1 nitrogen and oxygen atoms in total. The Hall–Kier alpha value is -1.80. The Morgan fingerprint density at radius 1 is 0.875 bits per heavy atom. The van der Waals surface area contributed by atoms with E-state index in [1.54, 1.807) is 11.3 Å². The van der Waals surface area contributed by atoms with Gasteiger partial charge < -0.3 is 5.73 Å². The zero-order valence-corrected chi connectivity index (χ0v) is 9.50. The van der Waals surface area contributed by atoms with Gasteiger partial charge in [-0.15, -0.1) is 11.3 Å². The summed E-state index contributed by atoms with van der Waals surface area (Å²) in [5.41, 5.74) is 9.32. The first-order valence-electron chi connectivity index (χ1n) is 5.17. The summed E-state index contributed by atoms with van der Waals surface area (Å²) < 4.78 is 1.18. The van der Waals surface area contributed by atoms with Crippen LogP contribution < -0.4 is 5.73 Å². The second kappa shape index (κ2) is 3.65. The molecule has 0 saturated carbocycles. The molecule has 0 aliphatic rings. The predicted molar refractivity (Wildman–Crippen MR) is 71.7 cm³/mol. The van der Waals surface area contributed by atoms with Crippen molar-refractivity contribution < 1.29 is 0 Å². The van der Waals surface area contributed by atoms with E-state index in [2.05, 4.69) is 41.8 Å². The van der Waals surface area contributed by atoms with Gasteiger partial charge in [0.25, 0.3) is 0 Å². The summed E-state index contributed by atoms with van der Waals surface area (Å²) >= 11 is 1.70. The highest BCUT2D eigenvalue weighted by Crippen LogP contribution is 2.35. The molecule has 0 fully saturated rings. The summed E-state index contributed by atoms with van der Waals surface area (Å²) in [4.78, 5) is 0. The lowest BCUT2D eigenvalue weighted by Gasteiger charge is -2.05. The molecule has 0 aliphatic carbocycles. The molecule has 2 heteroatoms. The lowest BCUT2D eigenvalue weighted by Crippen LogP contribution is -1.85. The lowest BCUT2D eigenvalue weighted by atomic mass is 10.0. The monoisotopic (exact) mass is 225 g/mol. The first-order valence-corrected chi connectivity index (χ1v) is 6.05. The molecular formula is C14H11NS. The lowest BCUT2D eigenvalue weighted by molar-refractivity contribution is 1.66. The van der Waals surface area contributed by atoms with Crippen LogP contribution in [0.5, 0.6) is 0 Å². The van der Waals surface area contributed by atoms with Crippen molar-refractivity contribution in [2.45, 2.75) is 0 Å². The normalized spacial score (nSPS) is 10.8. The van der Waals surface area contributed by atoms with E-state index < -0.39 is 0 Å². The van der Waals surface area contributed by atoms with Crippen molar-refractivity contribution in [1.29, 1.82) is 0 Å². The molecule has 0 radical (unpaired) electrons. The van der Waals surface area contributed by atoms with Gasteiger partial charge in [0.05, 0.1) is 4.70 Å². The molecule has 3 rings (SSSR count). The molecule has 2 N–H and O–H groups in total. The molecule has 16 heavy (non-hydrogen) atoms. The third kappa shape index (κ3) is 1.39. The number of nitrogen functional groups attached to an aromatic ring is 1. The third-order valence-corrected chi connectivity index (χ3v) is 3.70. The van der Waals surface area contributed by atoms with Gasteiger partial charge in [0.1, 0.15) is 0 Å². The Morgan fingerprint density at radius 3 is 2.50 bits per heavy atom. The number of hydrogen-bond acceptors (Lipinski definition) is 2. The molecule has 3 aromatic rings. The highest BCUT2D eigenvalue weighted by Gasteiger charge is 2.06. The Balaban J connectivity index is 2.33. The van der Waals surface area contributed by atoms with Crippen LogP contribution in [-0.2, 0) is 0 Å². The zero-order valence-electron chi connectivity index (χ0n) is 8.68. The SMILES string of the molecule is Nc1ccc(-c2ccccc2)c2ccsc12. The van der Waals surface area contributed by atoms with Gasteiger partial charge in [-0.3, -0.25) is 0 Å². The molecule has 0 unspecified atom stereocenters. The van der Waals surface area contributed by atoms with Crippen LogP contribution in [0.3, 0.4) is 0 Å². The Kier molecular flexibility index (Phi) is 2.15. The molecule has 1 aromatic heterocycles. The van der Waals surface area contributed by atoms with Crippen LogP contribution in [0.25, 0.3) is 21.2 Å². The van der Waals surface area contributed by atoms with Crippen LogP contribution in [0, 0.1) is 0 Å². The van der Waals surface area contributed by atoms with Crippen molar-refractivity contribution in [2.24, 2.45) is 0 Å². The highest BCUT2D eigenvalue weighted by molar-refractivity contribution is 7.17. The zero-order chi connectivity index (χ0) is 11.0. The second-order valence-corrected chi connectivity index (χ2v) is 4.65. The van der Waals surface area contributed by atoms with Crippen LogP contribution in [0.1, 0.15) is 0 Å². The number of benzene rings is 2. The maximum Gasteiger partial charge on any atom is 0.0578 e. The highest BCUT2D eigenvalue weighted by atomic mass is 32.1. The average Bonchev–Trinajstić information content (AvgIpc) is 2.81. The van der Waals surface area contributed by atoms with Crippen molar-refractivity contribution in [1.82, 2.24) is 0 Å². The first-order chi connectivity index (χ1) is 7.86. The second-order valence-electron chi connectivity index (χ2n) is 3.73. The van der Waals surface area contributed by atoms with Crippen LogP contribution in [-0.4, -0.2) is 0 Å². The van der Waals surface area contributed by atoms with E-state index in [1.807, 2.05) is 12.1 Å². The fourth-order valence-corrected chi connectivity index (χ4v) is 2.80. The molecule has 0 saturated heterocycles. The van der Waals surface area contributed by atoms with E-state index in [0.717, 1.165) is 5.69 Å². The van der Waals surface area contributed by atoms with Crippen LogP contribution in [0.15, 0.2) is 53.9 Å². The molecule has 2 aromatic carbocycles. The van der Waals surface area contributed by atoms with Gasteiger partial charge in [-0.2, -0.15) is 0 Å². The van der Waals surface area contributed by atoms with Crippen LogP contribution >= 0.6 is 11.3 Å². The third-order valence-electron chi connectivity index (χ3n) is 2.73. The van der Waals surface area contributed by atoms with Crippen molar-refractivity contribution in [3.05, 3.63) is 53.9 Å². The van der Waals surface area contributed by atoms with Gasteiger partial charge in [0.15, 0.2) is 0 Å². The van der Waals surface area contributed by atoms with Crippen LogP contribution in [0.4, 0.5) is 5.69 Å². The molecule has 1 heterocycles. The van der Waals surface area contributed by atoms with E-state index in [0.29, 0.717) is 0 Å². The average molecular weight is 225 g/mol. The summed E-state index contributed by atoms with van der Waals surface area (Å²) in [7, 11) is 0. The molecule has 0 atom stereocenters. The van der Waals surface area contributed by atoms with Gasteiger partial charge in [0.2, 0.25) is 0 Å². The van der Waals surface area contributed by atoms with Crippen molar-refractivity contribution in [2.75, 3.05) is 5.73 Å². The molecular weight excluding hydrogens is 214 g/mol. The van der Waals surface area contributed by atoms with Crippen molar-refractivity contribution in [3.8, 4) is 11.1 Å². The standard InChI is InChI=1S/C14H11NS/c15-13-7-6-11(10-4-2-1-3-5-10)12-8-9-16-14(12)13/h1-9H,15H2. The van der Waals surface area contributed by atoms with Gasteiger partial charge in [-0.05, 0) is 28.6 Å². The number of hydrogen-bond donors (Lipinski definition) is 1. The maximum atomic E-state index is 5.96. The summed E-state index contributed by atoms with van der Waals surface area (Å²) in [5.74, 6) is 0. The minimum Gasteiger partial charge on any atom is -0.398 e. The Morgan fingerprint density at radius 2 is 1.69 bits per heavy atom. The minimum atomic E-state index is 0.865. The number of nitrogens with two attached hydrogens (primary N) is 1. The number of rotatable bonds is 1. The van der Waals surface area contributed by atoms with E-state index >= 15 is 0 Å². The van der Waals surface area contributed by atoms with Gasteiger partial charge in [-0.25, -0.2) is 0 Å². The van der Waals surface area contributed by atoms with E-state index in [-0.39, 0.29) is 0 Å². The smallest absolute Gasteiger partial charge is 0.0578 e. The van der Waals surface area contributed by atoms with Crippen LogP contribution in [0.2, 0.25) is 0 Å². The maximum absolute atomic E-state index is 5.96. The van der Waals surface area contributed by atoms with Gasteiger partial charge in [-0.1, -0.05) is 36.4 Å². The van der Waals surface area contributed by atoms with E-state index in [1.165, 1.54) is 21.2 Å². The van der Waals surface area contributed by atoms with Gasteiger partial charge >= 0.3 is 0 Å². The van der Waals surface area contributed by atoms with E-state index in [9.17, 15) is 0 Å². The molecule has 0 amide bonds. The largest absolute Gasteiger partial charge is 0.398 e. The summed E-state index contributed by atoms with van der Waals surface area (Å²) in [6, 6.07) is 16.6. The molecule has 78 valence electrons.